The summed E-state index contributed by atoms with van der Waals surface area (Å²) in [5.41, 5.74) is 14.0. The molecule has 0 saturated heterocycles. The second-order valence-electron chi connectivity index (χ2n) is 4.08. The molecule has 0 fully saturated rings. The summed E-state index contributed by atoms with van der Waals surface area (Å²) in [6.07, 6.45) is 4.50. The minimum absolute atomic E-state index is 0.723. The fraction of sp³-hybridized carbons (Fsp3) is 0.538. The SMILES string of the molecule is CCCCCOCCc1cc(N)cc(N)c1. The molecule has 16 heavy (non-hydrogen) atoms. The van der Waals surface area contributed by atoms with Crippen molar-refractivity contribution < 1.29 is 4.74 Å². The lowest BCUT2D eigenvalue weighted by Crippen LogP contribution is -2.01. The van der Waals surface area contributed by atoms with E-state index >= 15 is 0 Å². The Hall–Kier alpha value is -1.22. The highest BCUT2D eigenvalue weighted by Crippen LogP contribution is 2.14. The van der Waals surface area contributed by atoms with Gasteiger partial charge in [-0.3, -0.25) is 0 Å². The maximum absolute atomic E-state index is 5.71. The average Bonchev–Trinajstić information content (AvgIpc) is 2.22. The highest BCUT2D eigenvalue weighted by atomic mass is 16.5. The average molecular weight is 222 g/mol. The Bertz CT molecular complexity index is 293. The van der Waals surface area contributed by atoms with Gasteiger partial charge in [-0.1, -0.05) is 19.8 Å². The summed E-state index contributed by atoms with van der Waals surface area (Å²) >= 11 is 0. The Balaban J connectivity index is 2.21. The van der Waals surface area contributed by atoms with Crippen LogP contribution in [-0.2, 0) is 11.2 Å². The standard InChI is InChI=1S/C13H22N2O/c1-2-3-4-6-16-7-5-11-8-12(14)10-13(15)9-11/h8-10H,2-7,14-15H2,1H3. The zero-order valence-corrected chi connectivity index (χ0v) is 10.0. The van der Waals surface area contributed by atoms with Crippen LogP contribution in [0.1, 0.15) is 31.7 Å². The molecule has 0 aliphatic carbocycles. The first-order valence-corrected chi connectivity index (χ1v) is 5.95. The summed E-state index contributed by atoms with van der Waals surface area (Å²) in [4.78, 5) is 0. The Morgan fingerprint density at radius 1 is 1.00 bits per heavy atom. The van der Waals surface area contributed by atoms with Gasteiger partial charge < -0.3 is 16.2 Å². The number of hydrogen-bond donors (Lipinski definition) is 2. The van der Waals surface area contributed by atoms with Crippen LogP contribution in [0.5, 0.6) is 0 Å². The van der Waals surface area contributed by atoms with Crippen LogP contribution < -0.4 is 11.5 Å². The van der Waals surface area contributed by atoms with Crippen molar-refractivity contribution >= 4 is 11.4 Å². The molecule has 0 aliphatic heterocycles. The summed E-state index contributed by atoms with van der Waals surface area (Å²) in [5.74, 6) is 0. The van der Waals surface area contributed by atoms with E-state index in [9.17, 15) is 0 Å². The molecule has 3 nitrogen and oxygen atoms in total. The normalized spacial score (nSPS) is 10.6. The number of nitrogen functional groups attached to an aromatic ring is 2. The molecule has 4 N–H and O–H groups in total. The molecule has 3 heteroatoms. The van der Waals surface area contributed by atoms with Crippen LogP contribution in [0.15, 0.2) is 18.2 Å². The summed E-state index contributed by atoms with van der Waals surface area (Å²) in [6, 6.07) is 5.67. The third-order valence-electron chi connectivity index (χ3n) is 2.46. The van der Waals surface area contributed by atoms with E-state index in [0.29, 0.717) is 0 Å². The first-order chi connectivity index (χ1) is 7.72. The van der Waals surface area contributed by atoms with Crippen molar-refractivity contribution in [2.24, 2.45) is 0 Å². The molecule has 1 aromatic carbocycles. The van der Waals surface area contributed by atoms with Gasteiger partial charge in [0.05, 0.1) is 6.61 Å². The van der Waals surface area contributed by atoms with Crippen molar-refractivity contribution in [2.75, 3.05) is 24.7 Å². The van der Waals surface area contributed by atoms with Gasteiger partial charge in [0.15, 0.2) is 0 Å². The van der Waals surface area contributed by atoms with Crippen LogP contribution >= 0.6 is 0 Å². The minimum Gasteiger partial charge on any atom is -0.399 e. The summed E-state index contributed by atoms with van der Waals surface area (Å²) in [6.45, 7) is 3.79. The van der Waals surface area contributed by atoms with Gasteiger partial charge in [0, 0.05) is 18.0 Å². The summed E-state index contributed by atoms with van der Waals surface area (Å²) in [7, 11) is 0. The predicted octanol–water partition coefficient (Wildman–Crippen LogP) is 2.60. The van der Waals surface area contributed by atoms with Crippen LogP contribution in [-0.4, -0.2) is 13.2 Å². The lowest BCUT2D eigenvalue weighted by atomic mass is 10.1. The molecule has 0 unspecified atom stereocenters. The van der Waals surface area contributed by atoms with Gasteiger partial charge in [-0.05, 0) is 36.6 Å². The molecular weight excluding hydrogens is 200 g/mol. The molecule has 1 aromatic rings. The van der Waals surface area contributed by atoms with E-state index in [1.54, 1.807) is 6.07 Å². The largest absolute Gasteiger partial charge is 0.399 e. The molecule has 0 aromatic heterocycles. The maximum Gasteiger partial charge on any atom is 0.0506 e. The molecule has 0 radical (unpaired) electrons. The molecule has 90 valence electrons. The van der Waals surface area contributed by atoms with E-state index in [1.807, 2.05) is 12.1 Å². The molecular formula is C13H22N2O. The lowest BCUT2D eigenvalue weighted by Gasteiger charge is -2.06. The molecule has 0 saturated carbocycles. The zero-order chi connectivity index (χ0) is 11.8. The topological polar surface area (TPSA) is 61.3 Å². The van der Waals surface area contributed by atoms with Crippen molar-refractivity contribution in [2.45, 2.75) is 32.6 Å². The first-order valence-electron chi connectivity index (χ1n) is 5.95. The molecule has 0 aliphatic rings. The molecule has 0 bridgehead atoms. The highest BCUT2D eigenvalue weighted by molar-refractivity contribution is 5.54. The Morgan fingerprint density at radius 2 is 1.69 bits per heavy atom. The Kier molecular flexibility index (Phi) is 5.72. The molecule has 0 spiro atoms. The van der Waals surface area contributed by atoms with Gasteiger partial charge >= 0.3 is 0 Å². The third-order valence-corrected chi connectivity index (χ3v) is 2.46. The second-order valence-corrected chi connectivity index (χ2v) is 4.08. The van der Waals surface area contributed by atoms with Gasteiger partial charge in [0.25, 0.3) is 0 Å². The van der Waals surface area contributed by atoms with Crippen LogP contribution in [0.3, 0.4) is 0 Å². The number of unbranched alkanes of at least 4 members (excludes halogenated alkanes) is 2. The van der Waals surface area contributed by atoms with Crippen molar-refractivity contribution in [1.82, 2.24) is 0 Å². The smallest absolute Gasteiger partial charge is 0.0506 e. The van der Waals surface area contributed by atoms with Crippen molar-refractivity contribution in [3.05, 3.63) is 23.8 Å². The molecule has 1 rings (SSSR count). The van der Waals surface area contributed by atoms with Gasteiger partial charge in [-0.25, -0.2) is 0 Å². The van der Waals surface area contributed by atoms with Gasteiger partial charge in [-0.15, -0.1) is 0 Å². The van der Waals surface area contributed by atoms with Crippen LogP contribution in [0.4, 0.5) is 11.4 Å². The quantitative estimate of drug-likeness (QED) is 0.550. The number of nitrogens with two attached hydrogens (primary N) is 2. The number of anilines is 2. The zero-order valence-electron chi connectivity index (χ0n) is 10.0. The van der Waals surface area contributed by atoms with Crippen molar-refractivity contribution in [1.29, 1.82) is 0 Å². The molecule has 0 heterocycles. The maximum atomic E-state index is 5.71. The fourth-order valence-corrected chi connectivity index (χ4v) is 1.64. The van der Waals surface area contributed by atoms with E-state index in [4.69, 9.17) is 16.2 Å². The van der Waals surface area contributed by atoms with E-state index in [1.165, 1.54) is 12.8 Å². The van der Waals surface area contributed by atoms with E-state index in [-0.39, 0.29) is 0 Å². The molecule has 0 amide bonds. The van der Waals surface area contributed by atoms with E-state index in [2.05, 4.69) is 6.92 Å². The van der Waals surface area contributed by atoms with Gasteiger partial charge in [-0.2, -0.15) is 0 Å². The Morgan fingerprint density at radius 3 is 2.31 bits per heavy atom. The monoisotopic (exact) mass is 222 g/mol. The van der Waals surface area contributed by atoms with Crippen LogP contribution in [0.25, 0.3) is 0 Å². The van der Waals surface area contributed by atoms with Gasteiger partial charge in [0.1, 0.15) is 0 Å². The number of hydrogen-bond acceptors (Lipinski definition) is 3. The first kappa shape index (κ1) is 12.8. The van der Waals surface area contributed by atoms with Crippen molar-refractivity contribution in [3.8, 4) is 0 Å². The highest BCUT2D eigenvalue weighted by Gasteiger charge is 1.97. The number of benzene rings is 1. The van der Waals surface area contributed by atoms with Gasteiger partial charge in [0.2, 0.25) is 0 Å². The second kappa shape index (κ2) is 7.12. The van der Waals surface area contributed by atoms with E-state index in [0.717, 1.165) is 43.0 Å². The van der Waals surface area contributed by atoms with Crippen molar-refractivity contribution in [3.63, 3.8) is 0 Å². The minimum atomic E-state index is 0.723. The summed E-state index contributed by atoms with van der Waals surface area (Å²) in [5, 5.41) is 0. The number of ether oxygens (including phenoxy) is 1. The number of rotatable bonds is 7. The summed E-state index contributed by atoms with van der Waals surface area (Å²) < 4.78 is 5.54. The van der Waals surface area contributed by atoms with Crippen LogP contribution in [0.2, 0.25) is 0 Å². The third kappa shape index (κ3) is 5.03. The fourth-order valence-electron chi connectivity index (χ4n) is 1.64. The molecule has 0 atom stereocenters. The van der Waals surface area contributed by atoms with Crippen LogP contribution in [0, 0.1) is 0 Å². The Labute approximate surface area is 97.8 Å². The van der Waals surface area contributed by atoms with E-state index < -0.39 is 0 Å². The predicted molar refractivity (Wildman–Crippen MR) is 69.3 cm³/mol. The lowest BCUT2D eigenvalue weighted by molar-refractivity contribution is 0.133.